The van der Waals surface area contributed by atoms with Gasteiger partial charge in [-0.15, -0.1) is 0 Å². The average molecular weight is 445 g/mol. The molecule has 2 aromatic carbocycles. The van der Waals surface area contributed by atoms with Crippen molar-refractivity contribution < 1.29 is 4.57 Å². The normalized spacial score (nSPS) is 13.1. The minimum atomic E-state index is 0.0954. The highest BCUT2D eigenvalue weighted by Crippen LogP contribution is 2.39. The lowest BCUT2D eigenvalue weighted by molar-refractivity contribution is -0.659. The minimum absolute atomic E-state index is 0.0954. The van der Waals surface area contributed by atoms with Crippen LogP contribution in [0.5, 0.6) is 0 Å². The number of nitrogens with zero attached hydrogens (tertiary/aromatic N) is 1. The summed E-state index contributed by atoms with van der Waals surface area (Å²) in [4.78, 5) is 0. The highest BCUT2D eigenvalue weighted by molar-refractivity contribution is 5.94. The highest BCUT2D eigenvalue weighted by Gasteiger charge is 2.28. The molecule has 3 aromatic rings. The zero-order chi connectivity index (χ0) is 24.9. The molecule has 0 bridgehead atoms. The molecular weight excluding hydrogens is 398 g/mol. The zero-order valence-electron chi connectivity index (χ0n) is 23.2. The predicted octanol–water partition coefficient (Wildman–Crippen LogP) is 8.63. The van der Waals surface area contributed by atoms with Gasteiger partial charge in [-0.1, -0.05) is 87.4 Å². The lowest BCUT2D eigenvalue weighted by Crippen LogP contribution is -2.31. The molecule has 0 unspecified atom stereocenters. The Morgan fingerprint density at radius 3 is 1.88 bits per heavy atom. The second-order valence-corrected chi connectivity index (χ2v) is 12.8. The molecule has 1 aromatic heterocycles. The van der Waals surface area contributed by atoms with Crippen molar-refractivity contribution in [3.8, 4) is 11.3 Å². The maximum Gasteiger partial charge on any atom is 0.220 e. The van der Waals surface area contributed by atoms with Crippen molar-refractivity contribution in [2.75, 3.05) is 0 Å². The van der Waals surface area contributed by atoms with Gasteiger partial charge >= 0.3 is 0 Å². The van der Waals surface area contributed by atoms with Crippen LogP contribution in [0, 0.1) is 18.8 Å². The first kappa shape index (κ1) is 25.5. The second-order valence-electron chi connectivity index (χ2n) is 12.8. The van der Waals surface area contributed by atoms with Crippen LogP contribution in [0.15, 0.2) is 42.6 Å². The Hall–Kier alpha value is -2.15. The minimum Gasteiger partial charge on any atom is -0.200 e. The maximum absolute atomic E-state index is 2.44. The fourth-order valence-corrected chi connectivity index (χ4v) is 5.65. The summed E-state index contributed by atoms with van der Waals surface area (Å²) >= 11 is 0. The van der Waals surface area contributed by atoms with Crippen LogP contribution in [-0.4, -0.2) is 0 Å². The van der Waals surface area contributed by atoms with Gasteiger partial charge < -0.3 is 0 Å². The molecule has 0 saturated heterocycles. The number of pyridine rings is 1. The van der Waals surface area contributed by atoms with Gasteiger partial charge in [-0.25, -0.2) is 4.57 Å². The number of fused-ring (bicyclic) bond motifs is 1. The third kappa shape index (κ3) is 5.03. The predicted molar refractivity (Wildman–Crippen MR) is 145 cm³/mol. The largest absolute Gasteiger partial charge is 0.220 e. The molecule has 1 heterocycles. The van der Waals surface area contributed by atoms with Gasteiger partial charge in [-0.05, 0) is 75.3 Å². The number of hydrogen-bond donors (Lipinski definition) is 0. The Morgan fingerprint density at radius 2 is 1.36 bits per heavy atom. The van der Waals surface area contributed by atoms with Gasteiger partial charge in [-0.2, -0.15) is 0 Å². The summed E-state index contributed by atoms with van der Waals surface area (Å²) in [6, 6.07) is 14.4. The molecule has 0 amide bonds. The molecule has 3 rings (SSSR count). The molecular formula is C32H46N+. The summed E-state index contributed by atoms with van der Waals surface area (Å²) in [5, 5.41) is 2.67. The van der Waals surface area contributed by atoms with Gasteiger partial charge in [0, 0.05) is 6.07 Å². The molecule has 0 N–H and O–H groups in total. The molecule has 1 nitrogen and oxygen atoms in total. The molecule has 0 spiro atoms. The zero-order valence-corrected chi connectivity index (χ0v) is 23.2. The highest BCUT2D eigenvalue weighted by atomic mass is 14.9. The van der Waals surface area contributed by atoms with Crippen LogP contribution in [0.2, 0.25) is 0 Å². The van der Waals surface area contributed by atoms with E-state index in [1.807, 2.05) is 0 Å². The molecule has 0 saturated carbocycles. The Bertz CT molecular complexity index is 1140. The monoisotopic (exact) mass is 444 g/mol. The molecule has 0 aliphatic rings. The van der Waals surface area contributed by atoms with Crippen molar-refractivity contribution >= 4 is 10.8 Å². The van der Waals surface area contributed by atoms with Crippen LogP contribution in [0.1, 0.15) is 97.4 Å². The van der Waals surface area contributed by atoms with E-state index in [9.17, 15) is 0 Å². The average Bonchev–Trinajstić information content (AvgIpc) is 2.66. The van der Waals surface area contributed by atoms with Crippen molar-refractivity contribution in [1.82, 2.24) is 0 Å². The third-order valence-electron chi connectivity index (χ3n) is 7.32. The van der Waals surface area contributed by atoms with Crippen molar-refractivity contribution in [3.05, 3.63) is 64.8 Å². The van der Waals surface area contributed by atoms with Crippen LogP contribution < -0.4 is 4.57 Å². The van der Waals surface area contributed by atoms with E-state index in [0.29, 0.717) is 17.8 Å². The van der Waals surface area contributed by atoms with Crippen molar-refractivity contribution in [2.45, 2.75) is 92.9 Å². The Labute approximate surface area is 203 Å². The number of aryl methyl sites for hydroxylation is 1. The molecule has 0 aliphatic carbocycles. The van der Waals surface area contributed by atoms with Crippen LogP contribution >= 0.6 is 0 Å². The quantitative estimate of drug-likeness (QED) is 0.355. The summed E-state index contributed by atoms with van der Waals surface area (Å²) in [6.45, 7) is 25.7. The molecule has 0 atom stereocenters. The standard InChI is InChI=1S/C32H46N/c1-20(2)29(21(3)4)24-13-14-26-23(17-24)15-16-33(12)30(26)27-18-25(31(6,7)8)19-28(22(27)5)32(9,10)11/h13-21,29H,1-12H3/q+1. The van der Waals surface area contributed by atoms with Crippen LogP contribution in [0.3, 0.4) is 0 Å². The summed E-state index contributed by atoms with van der Waals surface area (Å²) < 4.78 is 2.31. The lowest BCUT2D eigenvalue weighted by Gasteiger charge is -2.28. The van der Waals surface area contributed by atoms with E-state index in [1.54, 1.807) is 0 Å². The maximum atomic E-state index is 2.44. The van der Waals surface area contributed by atoms with Gasteiger partial charge in [0.25, 0.3) is 0 Å². The van der Waals surface area contributed by atoms with E-state index in [0.717, 1.165) is 0 Å². The van der Waals surface area contributed by atoms with Crippen molar-refractivity contribution in [1.29, 1.82) is 0 Å². The van der Waals surface area contributed by atoms with Crippen LogP contribution in [0.4, 0.5) is 0 Å². The van der Waals surface area contributed by atoms with E-state index in [4.69, 9.17) is 0 Å². The van der Waals surface area contributed by atoms with Gasteiger partial charge in [-0.3, -0.25) is 0 Å². The van der Waals surface area contributed by atoms with E-state index >= 15 is 0 Å². The molecule has 0 radical (unpaired) electrons. The topological polar surface area (TPSA) is 3.88 Å². The summed E-state index contributed by atoms with van der Waals surface area (Å²) in [7, 11) is 2.19. The SMILES string of the molecule is Cc1c(-c2c3ccc(C(C(C)C)C(C)C)cc3cc[n+]2C)cc(C(C)(C)C)cc1C(C)(C)C. The molecule has 0 aliphatic heterocycles. The number of hydrogen-bond acceptors (Lipinski definition) is 0. The Balaban J connectivity index is 2.35. The molecule has 33 heavy (non-hydrogen) atoms. The smallest absolute Gasteiger partial charge is 0.200 e. The summed E-state index contributed by atoms with van der Waals surface area (Å²) in [5.74, 6) is 1.83. The van der Waals surface area contributed by atoms with E-state index in [1.165, 1.54) is 44.3 Å². The third-order valence-corrected chi connectivity index (χ3v) is 7.32. The fraction of sp³-hybridized carbons (Fsp3) is 0.531. The lowest BCUT2D eigenvalue weighted by atomic mass is 9.76. The van der Waals surface area contributed by atoms with Gasteiger partial charge in [0.2, 0.25) is 5.69 Å². The number of rotatable bonds is 4. The second kappa shape index (κ2) is 8.90. The first-order valence-electron chi connectivity index (χ1n) is 12.7. The van der Waals surface area contributed by atoms with Crippen LogP contribution in [0.25, 0.3) is 22.0 Å². The van der Waals surface area contributed by atoms with E-state index in [2.05, 4.69) is 130 Å². The molecule has 1 heteroatoms. The van der Waals surface area contributed by atoms with Gasteiger partial charge in [0.1, 0.15) is 7.05 Å². The fourth-order valence-electron chi connectivity index (χ4n) is 5.65. The Kier molecular flexibility index (Phi) is 6.87. The van der Waals surface area contributed by atoms with Crippen molar-refractivity contribution in [2.24, 2.45) is 18.9 Å². The van der Waals surface area contributed by atoms with Crippen molar-refractivity contribution in [3.63, 3.8) is 0 Å². The summed E-state index contributed by atoms with van der Waals surface area (Å²) in [5.41, 5.74) is 8.57. The molecule has 178 valence electrons. The Morgan fingerprint density at radius 1 is 0.758 bits per heavy atom. The van der Waals surface area contributed by atoms with Gasteiger partial charge in [0.15, 0.2) is 6.20 Å². The van der Waals surface area contributed by atoms with E-state index < -0.39 is 0 Å². The summed E-state index contributed by atoms with van der Waals surface area (Å²) in [6.07, 6.45) is 2.24. The molecule has 0 fully saturated rings. The first-order valence-corrected chi connectivity index (χ1v) is 12.7. The van der Waals surface area contributed by atoms with E-state index in [-0.39, 0.29) is 10.8 Å². The van der Waals surface area contributed by atoms with Crippen LogP contribution in [-0.2, 0) is 17.9 Å². The number of benzene rings is 2. The van der Waals surface area contributed by atoms with Gasteiger partial charge in [0.05, 0.1) is 10.9 Å². The first-order chi connectivity index (χ1) is 15.1. The number of aromatic nitrogens is 1.